The molecule has 2 fully saturated rings. The van der Waals surface area contributed by atoms with Crippen molar-refractivity contribution < 1.29 is 9.53 Å². The molecule has 5 heteroatoms. The molecule has 2 heterocycles. The van der Waals surface area contributed by atoms with Crippen LogP contribution < -0.4 is 5.32 Å². The molecule has 0 aromatic rings. The molecule has 0 saturated carbocycles. The second-order valence-electron chi connectivity index (χ2n) is 6.23. The molecule has 2 rings (SSSR count). The van der Waals surface area contributed by atoms with Crippen molar-refractivity contribution in [2.45, 2.75) is 58.1 Å². The first-order valence-electron chi connectivity index (χ1n) is 7.80. The standard InChI is InChI=1S/C15H28N2O2.ClH/c1-12(2)7-11-19-13-5-9-17(10-6-13)15(18)14-4-3-8-16-14;/h12-14,16H,3-11H2,1-2H3;1H. The monoisotopic (exact) mass is 304 g/mol. The molecule has 20 heavy (non-hydrogen) atoms. The Labute approximate surface area is 129 Å². The van der Waals surface area contributed by atoms with Gasteiger partial charge in [0.25, 0.3) is 0 Å². The SMILES string of the molecule is CC(C)CCOC1CCN(C(=O)C2CCCN2)CC1.Cl. The Bertz CT molecular complexity index is 286. The maximum absolute atomic E-state index is 12.2. The van der Waals surface area contributed by atoms with Gasteiger partial charge in [0.15, 0.2) is 0 Å². The number of hydrogen-bond donors (Lipinski definition) is 1. The van der Waals surface area contributed by atoms with Gasteiger partial charge in [-0.3, -0.25) is 4.79 Å². The predicted octanol–water partition coefficient (Wildman–Crippen LogP) is 2.21. The molecule has 118 valence electrons. The smallest absolute Gasteiger partial charge is 0.239 e. The van der Waals surface area contributed by atoms with Crippen LogP contribution in [0.4, 0.5) is 0 Å². The molecule has 4 nitrogen and oxygen atoms in total. The van der Waals surface area contributed by atoms with Crippen LogP contribution >= 0.6 is 12.4 Å². The second kappa shape index (κ2) is 8.85. The summed E-state index contributed by atoms with van der Waals surface area (Å²) < 4.78 is 5.89. The molecule has 1 unspecified atom stereocenters. The van der Waals surface area contributed by atoms with Crippen molar-refractivity contribution >= 4 is 18.3 Å². The fraction of sp³-hybridized carbons (Fsp3) is 0.933. The van der Waals surface area contributed by atoms with Crippen molar-refractivity contribution in [3.8, 4) is 0 Å². The number of nitrogens with one attached hydrogen (secondary N) is 1. The van der Waals surface area contributed by atoms with E-state index in [2.05, 4.69) is 19.2 Å². The third kappa shape index (κ3) is 5.23. The number of amides is 1. The van der Waals surface area contributed by atoms with Gasteiger partial charge in [0.05, 0.1) is 12.1 Å². The van der Waals surface area contributed by atoms with Gasteiger partial charge in [-0.1, -0.05) is 13.8 Å². The molecule has 1 amide bonds. The van der Waals surface area contributed by atoms with E-state index in [1.165, 1.54) is 0 Å². The Morgan fingerprint density at radius 3 is 2.55 bits per heavy atom. The summed E-state index contributed by atoms with van der Waals surface area (Å²) in [7, 11) is 0. The lowest BCUT2D eigenvalue weighted by molar-refractivity contribution is -0.135. The quantitative estimate of drug-likeness (QED) is 0.847. The topological polar surface area (TPSA) is 41.6 Å². The Balaban J connectivity index is 0.00000200. The van der Waals surface area contributed by atoms with Crippen molar-refractivity contribution in [1.82, 2.24) is 10.2 Å². The van der Waals surface area contributed by atoms with Crippen LogP contribution in [-0.4, -0.2) is 49.2 Å². The van der Waals surface area contributed by atoms with E-state index in [0.29, 0.717) is 17.9 Å². The molecule has 2 aliphatic heterocycles. The summed E-state index contributed by atoms with van der Waals surface area (Å²) >= 11 is 0. The van der Waals surface area contributed by atoms with Crippen LogP contribution in [0.5, 0.6) is 0 Å². The first kappa shape index (κ1) is 17.7. The van der Waals surface area contributed by atoms with Crippen LogP contribution in [0.15, 0.2) is 0 Å². The van der Waals surface area contributed by atoms with Gasteiger partial charge in [-0.2, -0.15) is 0 Å². The van der Waals surface area contributed by atoms with E-state index in [9.17, 15) is 4.79 Å². The summed E-state index contributed by atoms with van der Waals surface area (Å²) in [6.07, 6.45) is 5.62. The van der Waals surface area contributed by atoms with Gasteiger partial charge in [0.2, 0.25) is 5.91 Å². The lowest BCUT2D eigenvalue weighted by atomic mass is 10.1. The summed E-state index contributed by atoms with van der Waals surface area (Å²) in [4.78, 5) is 14.3. The Hall–Kier alpha value is -0.320. The molecule has 1 N–H and O–H groups in total. The highest BCUT2D eigenvalue weighted by Gasteiger charge is 2.29. The molecular weight excluding hydrogens is 276 g/mol. The minimum absolute atomic E-state index is 0. The summed E-state index contributed by atoms with van der Waals surface area (Å²) in [5, 5.41) is 3.29. The highest BCUT2D eigenvalue weighted by atomic mass is 35.5. The summed E-state index contributed by atoms with van der Waals surface area (Å²) in [6.45, 7) is 8.02. The van der Waals surface area contributed by atoms with Crippen molar-refractivity contribution in [3.05, 3.63) is 0 Å². The summed E-state index contributed by atoms with van der Waals surface area (Å²) in [5.41, 5.74) is 0. The highest BCUT2D eigenvalue weighted by molar-refractivity contribution is 5.85. The van der Waals surface area contributed by atoms with Crippen LogP contribution in [0.1, 0.15) is 46.0 Å². The largest absolute Gasteiger partial charge is 0.378 e. The van der Waals surface area contributed by atoms with Crippen LogP contribution in [0.25, 0.3) is 0 Å². The Morgan fingerprint density at radius 2 is 2.00 bits per heavy atom. The van der Waals surface area contributed by atoms with Crippen molar-refractivity contribution in [2.24, 2.45) is 5.92 Å². The fourth-order valence-corrected chi connectivity index (χ4v) is 2.83. The van der Waals surface area contributed by atoms with Crippen LogP contribution in [-0.2, 0) is 9.53 Å². The van der Waals surface area contributed by atoms with Crippen LogP contribution in [0.2, 0.25) is 0 Å². The first-order chi connectivity index (χ1) is 9.16. The zero-order chi connectivity index (χ0) is 13.7. The number of carbonyl (C=O) groups excluding carboxylic acids is 1. The number of piperidine rings is 1. The van der Waals surface area contributed by atoms with E-state index < -0.39 is 0 Å². The van der Waals surface area contributed by atoms with Gasteiger partial charge >= 0.3 is 0 Å². The molecule has 0 aliphatic carbocycles. The normalized spacial score (nSPS) is 23.9. The molecule has 0 spiro atoms. The van der Waals surface area contributed by atoms with E-state index >= 15 is 0 Å². The average Bonchev–Trinajstić information content (AvgIpc) is 2.92. The third-order valence-corrected chi connectivity index (χ3v) is 4.16. The van der Waals surface area contributed by atoms with Gasteiger partial charge < -0.3 is 15.0 Å². The van der Waals surface area contributed by atoms with Crippen molar-refractivity contribution in [3.63, 3.8) is 0 Å². The fourth-order valence-electron chi connectivity index (χ4n) is 2.83. The van der Waals surface area contributed by atoms with Crippen molar-refractivity contribution in [1.29, 1.82) is 0 Å². The third-order valence-electron chi connectivity index (χ3n) is 4.16. The van der Waals surface area contributed by atoms with E-state index in [-0.39, 0.29) is 18.4 Å². The first-order valence-corrected chi connectivity index (χ1v) is 7.80. The number of likely N-dealkylation sites (tertiary alicyclic amines) is 1. The maximum Gasteiger partial charge on any atom is 0.239 e. The number of nitrogens with zero attached hydrogens (tertiary/aromatic N) is 1. The average molecular weight is 305 g/mol. The molecule has 1 atom stereocenters. The number of carbonyl (C=O) groups is 1. The highest BCUT2D eigenvalue weighted by Crippen LogP contribution is 2.17. The van der Waals surface area contributed by atoms with Gasteiger partial charge in [-0.05, 0) is 44.6 Å². The molecule has 0 aromatic carbocycles. The maximum atomic E-state index is 12.2. The minimum Gasteiger partial charge on any atom is -0.378 e. The summed E-state index contributed by atoms with van der Waals surface area (Å²) in [6, 6.07) is 0.0819. The van der Waals surface area contributed by atoms with Gasteiger partial charge in [0, 0.05) is 19.7 Å². The Morgan fingerprint density at radius 1 is 1.30 bits per heavy atom. The zero-order valence-corrected chi connectivity index (χ0v) is 13.6. The van der Waals surface area contributed by atoms with Gasteiger partial charge in [-0.15, -0.1) is 12.4 Å². The molecule has 2 aliphatic rings. The summed E-state index contributed by atoms with van der Waals surface area (Å²) in [5.74, 6) is 1.01. The lowest BCUT2D eigenvalue weighted by Crippen LogP contribution is -2.48. The zero-order valence-electron chi connectivity index (χ0n) is 12.8. The number of rotatable bonds is 5. The predicted molar refractivity (Wildman–Crippen MR) is 83.3 cm³/mol. The van der Waals surface area contributed by atoms with Gasteiger partial charge in [-0.25, -0.2) is 0 Å². The van der Waals surface area contributed by atoms with Crippen molar-refractivity contribution in [2.75, 3.05) is 26.2 Å². The number of ether oxygens (including phenoxy) is 1. The lowest BCUT2D eigenvalue weighted by Gasteiger charge is -2.33. The second-order valence-corrected chi connectivity index (χ2v) is 6.23. The molecule has 0 radical (unpaired) electrons. The van der Waals surface area contributed by atoms with Gasteiger partial charge in [0.1, 0.15) is 0 Å². The molecule has 0 bridgehead atoms. The minimum atomic E-state index is 0. The number of halogens is 1. The molecule has 0 aromatic heterocycles. The van der Waals surface area contributed by atoms with E-state index in [1.807, 2.05) is 4.90 Å². The Kier molecular flexibility index (Phi) is 7.85. The van der Waals surface area contributed by atoms with E-state index in [4.69, 9.17) is 4.74 Å². The molecular formula is C15H29ClN2O2. The van der Waals surface area contributed by atoms with E-state index in [1.54, 1.807) is 0 Å². The van der Waals surface area contributed by atoms with E-state index in [0.717, 1.165) is 58.3 Å². The molecule has 2 saturated heterocycles. The number of hydrogen-bond acceptors (Lipinski definition) is 3. The van der Waals surface area contributed by atoms with Crippen LogP contribution in [0.3, 0.4) is 0 Å². The van der Waals surface area contributed by atoms with Crippen LogP contribution in [0, 0.1) is 5.92 Å².